The molecule has 0 unspecified atom stereocenters. The number of benzene rings is 1. The molecule has 21 heavy (non-hydrogen) atoms. The van der Waals surface area contributed by atoms with Gasteiger partial charge in [-0.25, -0.2) is 0 Å². The fraction of sp³-hybridized carbons (Fsp3) is 0.200. The lowest BCUT2D eigenvalue weighted by molar-refractivity contribution is 0.667. The molecule has 0 spiro atoms. The number of pyridine rings is 1. The number of rotatable bonds is 5. The van der Waals surface area contributed by atoms with Gasteiger partial charge in [0.05, 0.1) is 0 Å². The number of aromatic nitrogens is 3. The summed E-state index contributed by atoms with van der Waals surface area (Å²) in [7, 11) is 0. The Kier molecular flexibility index (Phi) is 4.39. The Morgan fingerprint density at radius 2 is 1.86 bits per heavy atom. The summed E-state index contributed by atoms with van der Waals surface area (Å²) in [5, 5.41) is 13.0. The van der Waals surface area contributed by atoms with Gasteiger partial charge < -0.3 is 5.32 Å². The van der Waals surface area contributed by atoms with Crippen molar-refractivity contribution in [2.45, 2.75) is 13.0 Å². The number of nitrogens with one attached hydrogen (secondary N) is 1. The van der Waals surface area contributed by atoms with E-state index in [1.54, 1.807) is 6.07 Å². The second-order valence-corrected chi connectivity index (χ2v) is 5.62. The van der Waals surface area contributed by atoms with E-state index in [-0.39, 0.29) is 0 Å². The van der Waals surface area contributed by atoms with Gasteiger partial charge in [-0.05, 0) is 35.9 Å². The first kappa shape index (κ1) is 14.3. The van der Waals surface area contributed by atoms with E-state index in [1.165, 1.54) is 0 Å². The molecule has 6 heteroatoms. The molecule has 0 saturated heterocycles. The van der Waals surface area contributed by atoms with Crippen LogP contribution in [-0.2, 0) is 13.0 Å². The molecule has 0 atom stereocenters. The van der Waals surface area contributed by atoms with Crippen LogP contribution in [0.3, 0.4) is 0 Å². The second kappa shape index (κ2) is 6.43. The van der Waals surface area contributed by atoms with E-state index < -0.39 is 0 Å². The Labute approximate surface area is 132 Å². The van der Waals surface area contributed by atoms with Crippen LogP contribution >= 0.6 is 23.2 Å². The highest BCUT2D eigenvalue weighted by Gasteiger charge is 2.04. The molecule has 1 N–H and O–H groups in total. The maximum atomic E-state index is 5.98. The number of fused-ring (bicyclic) bond motifs is 1. The molecule has 0 aliphatic carbocycles. The van der Waals surface area contributed by atoms with Crippen LogP contribution in [0, 0.1) is 0 Å². The van der Waals surface area contributed by atoms with E-state index in [0.717, 1.165) is 36.5 Å². The van der Waals surface area contributed by atoms with Crippen molar-refractivity contribution >= 4 is 28.8 Å². The van der Waals surface area contributed by atoms with Crippen molar-refractivity contribution in [3.8, 4) is 0 Å². The van der Waals surface area contributed by atoms with Crippen LogP contribution in [0.4, 0.5) is 0 Å². The molecule has 1 aromatic carbocycles. The molecule has 0 saturated carbocycles. The molecule has 0 aliphatic rings. The normalized spacial score (nSPS) is 11.1. The van der Waals surface area contributed by atoms with Gasteiger partial charge in [0.1, 0.15) is 5.82 Å². The fourth-order valence-corrected chi connectivity index (χ4v) is 2.78. The van der Waals surface area contributed by atoms with Crippen LogP contribution in [0.15, 0.2) is 42.6 Å². The van der Waals surface area contributed by atoms with Crippen LogP contribution < -0.4 is 5.32 Å². The Hall–Kier alpha value is -1.62. The third-order valence-electron chi connectivity index (χ3n) is 3.16. The predicted molar refractivity (Wildman–Crippen MR) is 84.9 cm³/mol. The minimum atomic E-state index is 0.655. The number of hydrogen-bond donors (Lipinski definition) is 1. The topological polar surface area (TPSA) is 42.2 Å². The number of halogens is 2. The minimum absolute atomic E-state index is 0.655. The Morgan fingerprint density at radius 3 is 2.67 bits per heavy atom. The van der Waals surface area contributed by atoms with E-state index in [1.807, 2.05) is 40.9 Å². The van der Waals surface area contributed by atoms with Crippen molar-refractivity contribution in [2.24, 2.45) is 0 Å². The van der Waals surface area contributed by atoms with E-state index >= 15 is 0 Å². The predicted octanol–water partition coefficient (Wildman–Crippen LogP) is 3.37. The monoisotopic (exact) mass is 320 g/mol. The number of hydrogen-bond acceptors (Lipinski definition) is 3. The first-order valence-electron chi connectivity index (χ1n) is 6.67. The van der Waals surface area contributed by atoms with Crippen molar-refractivity contribution in [1.29, 1.82) is 0 Å². The summed E-state index contributed by atoms with van der Waals surface area (Å²) in [6, 6.07) is 11.4. The zero-order valence-electron chi connectivity index (χ0n) is 11.3. The molecular formula is C15H14Cl2N4. The largest absolute Gasteiger partial charge is 0.312 e. The molecule has 0 bridgehead atoms. The molecule has 0 radical (unpaired) electrons. The Bertz CT molecular complexity index is 734. The summed E-state index contributed by atoms with van der Waals surface area (Å²) in [6.07, 6.45) is 2.78. The highest BCUT2D eigenvalue weighted by atomic mass is 35.5. The molecule has 3 aromatic rings. The minimum Gasteiger partial charge on any atom is -0.312 e. The Balaban J connectivity index is 1.56. The van der Waals surface area contributed by atoms with Crippen LogP contribution in [-0.4, -0.2) is 21.1 Å². The lowest BCUT2D eigenvalue weighted by Gasteiger charge is -2.05. The average molecular weight is 321 g/mol. The second-order valence-electron chi connectivity index (χ2n) is 4.75. The van der Waals surface area contributed by atoms with Crippen LogP contribution in [0.2, 0.25) is 10.0 Å². The summed E-state index contributed by atoms with van der Waals surface area (Å²) < 4.78 is 2.00. The molecule has 2 heterocycles. The van der Waals surface area contributed by atoms with Crippen molar-refractivity contribution in [2.75, 3.05) is 6.54 Å². The maximum Gasteiger partial charge on any atom is 0.160 e. The molecule has 4 nitrogen and oxygen atoms in total. The lowest BCUT2D eigenvalue weighted by atomic mass is 10.2. The zero-order valence-corrected chi connectivity index (χ0v) is 12.8. The van der Waals surface area contributed by atoms with Crippen LogP contribution in [0.1, 0.15) is 11.4 Å². The quantitative estimate of drug-likeness (QED) is 0.733. The summed E-state index contributed by atoms with van der Waals surface area (Å²) in [5.74, 6) is 0.947. The smallest absolute Gasteiger partial charge is 0.160 e. The maximum absolute atomic E-state index is 5.98. The molecule has 0 aliphatic heterocycles. The SMILES string of the molecule is Clc1cc(Cl)cc(CNCCc2nnc3ccccn23)c1. The third-order valence-corrected chi connectivity index (χ3v) is 3.60. The first-order chi connectivity index (χ1) is 10.2. The van der Waals surface area contributed by atoms with Crippen LogP contribution in [0.25, 0.3) is 5.65 Å². The summed E-state index contributed by atoms with van der Waals surface area (Å²) in [4.78, 5) is 0. The van der Waals surface area contributed by atoms with E-state index in [2.05, 4.69) is 15.5 Å². The first-order valence-corrected chi connectivity index (χ1v) is 7.42. The van der Waals surface area contributed by atoms with Gasteiger partial charge in [-0.3, -0.25) is 4.40 Å². The van der Waals surface area contributed by atoms with Gasteiger partial charge in [0.15, 0.2) is 5.65 Å². The third kappa shape index (κ3) is 3.53. The Morgan fingerprint density at radius 1 is 1.05 bits per heavy atom. The molecular weight excluding hydrogens is 307 g/mol. The van der Waals surface area contributed by atoms with Crippen molar-refractivity contribution < 1.29 is 0 Å². The van der Waals surface area contributed by atoms with Gasteiger partial charge in [-0.1, -0.05) is 29.3 Å². The van der Waals surface area contributed by atoms with E-state index in [4.69, 9.17) is 23.2 Å². The van der Waals surface area contributed by atoms with Gasteiger partial charge in [-0.2, -0.15) is 0 Å². The van der Waals surface area contributed by atoms with E-state index in [0.29, 0.717) is 10.0 Å². The summed E-state index contributed by atoms with van der Waals surface area (Å²) in [5.41, 5.74) is 1.94. The molecule has 3 rings (SSSR count). The average Bonchev–Trinajstić information content (AvgIpc) is 2.86. The van der Waals surface area contributed by atoms with Gasteiger partial charge in [-0.15, -0.1) is 10.2 Å². The highest BCUT2D eigenvalue weighted by molar-refractivity contribution is 6.34. The van der Waals surface area contributed by atoms with Crippen molar-refractivity contribution in [1.82, 2.24) is 19.9 Å². The standard InChI is InChI=1S/C15H14Cl2N4/c16-12-7-11(8-13(17)9-12)10-18-5-4-15-20-19-14-3-1-2-6-21(14)15/h1-3,6-9,18H,4-5,10H2. The van der Waals surface area contributed by atoms with Gasteiger partial charge in [0, 0.05) is 35.8 Å². The van der Waals surface area contributed by atoms with Crippen LogP contribution in [0.5, 0.6) is 0 Å². The van der Waals surface area contributed by atoms with Gasteiger partial charge in [0.25, 0.3) is 0 Å². The fourth-order valence-electron chi connectivity index (χ4n) is 2.21. The van der Waals surface area contributed by atoms with E-state index in [9.17, 15) is 0 Å². The van der Waals surface area contributed by atoms with Gasteiger partial charge >= 0.3 is 0 Å². The molecule has 0 amide bonds. The summed E-state index contributed by atoms with van der Waals surface area (Å²) >= 11 is 12.0. The molecule has 108 valence electrons. The highest BCUT2D eigenvalue weighted by Crippen LogP contribution is 2.18. The summed E-state index contributed by atoms with van der Waals surface area (Å²) in [6.45, 7) is 1.52. The number of nitrogens with zero attached hydrogens (tertiary/aromatic N) is 3. The van der Waals surface area contributed by atoms with Gasteiger partial charge in [0.2, 0.25) is 0 Å². The zero-order chi connectivity index (χ0) is 14.7. The lowest BCUT2D eigenvalue weighted by Crippen LogP contribution is -2.17. The van der Waals surface area contributed by atoms with Crippen molar-refractivity contribution in [3.63, 3.8) is 0 Å². The molecule has 0 fully saturated rings. The molecule has 2 aromatic heterocycles. The van der Waals surface area contributed by atoms with Crippen molar-refractivity contribution in [3.05, 3.63) is 64.0 Å².